The minimum Gasteiger partial charge on any atom is -0.255 e. The van der Waals surface area contributed by atoms with E-state index in [9.17, 15) is 0 Å². The van der Waals surface area contributed by atoms with Crippen molar-refractivity contribution in [3.8, 4) is 33.5 Å². The van der Waals surface area contributed by atoms with Crippen molar-refractivity contribution >= 4 is 43.1 Å². The van der Waals surface area contributed by atoms with Gasteiger partial charge in [0.2, 0.25) is 0 Å². The highest BCUT2D eigenvalue weighted by Crippen LogP contribution is 2.46. The van der Waals surface area contributed by atoms with Crippen LogP contribution in [0.3, 0.4) is 0 Å². The van der Waals surface area contributed by atoms with Gasteiger partial charge in [-0.2, -0.15) is 0 Å². The Morgan fingerprint density at radius 1 is 0.350 bits per heavy atom. The zero-order valence-electron chi connectivity index (χ0n) is 21.9. The highest BCUT2D eigenvalue weighted by Gasteiger charge is 2.20. The zero-order valence-corrected chi connectivity index (χ0v) is 21.9. The molecule has 0 N–H and O–H groups in total. The molecule has 8 aromatic rings. The largest absolute Gasteiger partial charge is 0.255 e. The molecule has 0 aliphatic carbocycles. The van der Waals surface area contributed by atoms with E-state index in [1.807, 2.05) is 0 Å². The lowest BCUT2D eigenvalue weighted by Gasteiger charge is -2.19. The smallest absolute Gasteiger partial charge is 0.0793 e. The van der Waals surface area contributed by atoms with Gasteiger partial charge in [0, 0.05) is 28.1 Å². The molecule has 186 valence electrons. The molecule has 0 saturated carbocycles. The Morgan fingerprint density at radius 2 is 0.850 bits per heavy atom. The normalized spacial score (nSPS) is 11.5. The minimum atomic E-state index is 1.02. The van der Waals surface area contributed by atoms with E-state index in [0.717, 1.165) is 11.3 Å². The number of nitrogens with zero attached hydrogens (tertiary/aromatic N) is 1. The van der Waals surface area contributed by atoms with Gasteiger partial charge in [-0.15, -0.1) is 0 Å². The third kappa shape index (κ3) is 3.45. The van der Waals surface area contributed by atoms with Crippen molar-refractivity contribution in [2.75, 3.05) is 0 Å². The molecule has 0 aliphatic heterocycles. The molecule has 1 heterocycles. The molecule has 1 nitrogen and oxygen atoms in total. The molecule has 0 radical (unpaired) electrons. The van der Waals surface area contributed by atoms with Crippen molar-refractivity contribution in [3.05, 3.63) is 152 Å². The number of pyridine rings is 1. The lowest BCUT2D eigenvalue weighted by atomic mass is 9.85. The maximum absolute atomic E-state index is 5.26. The van der Waals surface area contributed by atoms with Gasteiger partial charge in [0.25, 0.3) is 0 Å². The topological polar surface area (TPSA) is 12.9 Å². The van der Waals surface area contributed by atoms with Crippen molar-refractivity contribution in [2.45, 2.75) is 0 Å². The Morgan fingerprint density at radius 3 is 1.48 bits per heavy atom. The SMILES string of the molecule is c1ccc(-c2c3ccccc3c(-c3ncc(-c4ccccc4)c4c3ccc3ccccc34)c3ccccc23)cc1. The standard InChI is InChI=1S/C39H25N/c1-3-13-26(14-4-1)35-25-40-39(34-24-23-27-15-7-8-18-29(27)37(34)35)38-32-21-11-9-19-30(32)36(28-16-5-2-6-17-28)31-20-10-12-22-33(31)38/h1-25H. The second kappa shape index (κ2) is 9.18. The first kappa shape index (κ1) is 22.7. The van der Waals surface area contributed by atoms with Crippen LogP contribution in [0.2, 0.25) is 0 Å². The number of hydrogen-bond acceptors (Lipinski definition) is 1. The lowest BCUT2D eigenvalue weighted by Crippen LogP contribution is -1.95. The summed E-state index contributed by atoms with van der Waals surface area (Å²) in [7, 11) is 0. The summed E-state index contributed by atoms with van der Waals surface area (Å²) in [5.74, 6) is 0. The third-order valence-electron chi connectivity index (χ3n) is 8.09. The summed E-state index contributed by atoms with van der Waals surface area (Å²) < 4.78 is 0. The first-order chi connectivity index (χ1) is 19.9. The van der Waals surface area contributed by atoms with Gasteiger partial charge >= 0.3 is 0 Å². The molecule has 0 bridgehead atoms. The van der Waals surface area contributed by atoms with E-state index in [2.05, 4.69) is 152 Å². The Bertz CT molecular complexity index is 2140. The fraction of sp³-hybridized carbons (Fsp3) is 0. The predicted molar refractivity (Wildman–Crippen MR) is 171 cm³/mol. The van der Waals surface area contributed by atoms with Gasteiger partial charge in [-0.3, -0.25) is 4.98 Å². The highest BCUT2D eigenvalue weighted by atomic mass is 14.7. The molecule has 0 spiro atoms. The molecule has 0 saturated heterocycles. The molecule has 40 heavy (non-hydrogen) atoms. The predicted octanol–water partition coefficient (Wildman–Crippen LogP) is 10.7. The Balaban J connectivity index is 1.56. The molecular formula is C39H25N. The van der Waals surface area contributed by atoms with Crippen LogP contribution in [0, 0.1) is 0 Å². The maximum Gasteiger partial charge on any atom is 0.0793 e. The van der Waals surface area contributed by atoms with Crippen LogP contribution in [-0.2, 0) is 0 Å². The monoisotopic (exact) mass is 507 g/mol. The number of benzene rings is 7. The summed E-state index contributed by atoms with van der Waals surface area (Å²) in [6, 6.07) is 52.1. The maximum atomic E-state index is 5.26. The third-order valence-corrected chi connectivity index (χ3v) is 8.09. The van der Waals surface area contributed by atoms with Crippen LogP contribution in [0.1, 0.15) is 0 Å². The molecule has 1 heteroatoms. The summed E-state index contributed by atoms with van der Waals surface area (Å²) in [5, 5.41) is 9.81. The first-order valence-corrected chi connectivity index (χ1v) is 13.7. The molecular weight excluding hydrogens is 482 g/mol. The highest BCUT2D eigenvalue weighted by molar-refractivity contribution is 6.25. The molecule has 7 aromatic carbocycles. The molecule has 8 rings (SSSR count). The van der Waals surface area contributed by atoms with Crippen LogP contribution < -0.4 is 0 Å². The van der Waals surface area contributed by atoms with Crippen LogP contribution in [-0.4, -0.2) is 4.98 Å². The molecule has 1 aromatic heterocycles. The summed E-state index contributed by atoms with van der Waals surface area (Å²) in [6.07, 6.45) is 2.08. The van der Waals surface area contributed by atoms with Gasteiger partial charge in [-0.25, -0.2) is 0 Å². The van der Waals surface area contributed by atoms with Crippen molar-refractivity contribution in [2.24, 2.45) is 0 Å². The van der Waals surface area contributed by atoms with E-state index in [1.54, 1.807) is 0 Å². The van der Waals surface area contributed by atoms with Crippen LogP contribution in [0.25, 0.3) is 76.6 Å². The fourth-order valence-corrected chi connectivity index (χ4v) is 6.36. The number of aromatic nitrogens is 1. The summed E-state index contributed by atoms with van der Waals surface area (Å²) in [4.78, 5) is 5.26. The zero-order chi connectivity index (χ0) is 26.5. The summed E-state index contributed by atoms with van der Waals surface area (Å²) >= 11 is 0. The molecule has 0 unspecified atom stereocenters. The molecule has 0 aliphatic rings. The van der Waals surface area contributed by atoms with Gasteiger partial charge in [0.1, 0.15) is 0 Å². The van der Waals surface area contributed by atoms with Gasteiger partial charge in [0.05, 0.1) is 5.69 Å². The van der Waals surface area contributed by atoms with Gasteiger partial charge in [-0.1, -0.05) is 146 Å². The van der Waals surface area contributed by atoms with Gasteiger partial charge in [-0.05, 0) is 49.0 Å². The van der Waals surface area contributed by atoms with Crippen LogP contribution >= 0.6 is 0 Å². The second-order valence-corrected chi connectivity index (χ2v) is 10.3. The fourth-order valence-electron chi connectivity index (χ4n) is 6.36. The van der Waals surface area contributed by atoms with E-state index in [0.29, 0.717) is 0 Å². The lowest BCUT2D eigenvalue weighted by molar-refractivity contribution is 1.37. The Labute approximate surface area is 233 Å². The number of rotatable bonds is 3. The van der Waals surface area contributed by atoms with E-state index < -0.39 is 0 Å². The minimum absolute atomic E-state index is 1.02. The van der Waals surface area contributed by atoms with E-state index >= 15 is 0 Å². The van der Waals surface area contributed by atoms with Gasteiger partial charge < -0.3 is 0 Å². The van der Waals surface area contributed by atoms with Crippen LogP contribution in [0.5, 0.6) is 0 Å². The van der Waals surface area contributed by atoms with Crippen LogP contribution in [0.4, 0.5) is 0 Å². The quantitative estimate of drug-likeness (QED) is 0.171. The molecule has 0 amide bonds. The Kier molecular flexibility index (Phi) is 5.21. The van der Waals surface area contributed by atoms with Crippen molar-refractivity contribution in [3.63, 3.8) is 0 Å². The van der Waals surface area contributed by atoms with E-state index in [-0.39, 0.29) is 0 Å². The van der Waals surface area contributed by atoms with E-state index in [4.69, 9.17) is 4.98 Å². The Hall–Kier alpha value is -5.27. The van der Waals surface area contributed by atoms with Crippen molar-refractivity contribution in [1.29, 1.82) is 0 Å². The second-order valence-electron chi connectivity index (χ2n) is 10.3. The number of hydrogen-bond donors (Lipinski definition) is 0. The van der Waals surface area contributed by atoms with Gasteiger partial charge in [0.15, 0.2) is 0 Å². The van der Waals surface area contributed by atoms with E-state index in [1.165, 1.54) is 65.3 Å². The summed E-state index contributed by atoms with van der Waals surface area (Å²) in [6.45, 7) is 0. The van der Waals surface area contributed by atoms with Crippen molar-refractivity contribution in [1.82, 2.24) is 4.98 Å². The first-order valence-electron chi connectivity index (χ1n) is 13.7. The number of fused-ring (bicyclic) bond motifs is 5. The average molecular weight is 508 g/mol. The molecule has 0 atom stereocenters. The molecule has 0 fully saturated rings. The summed E-state index contributed by atoms with van der Waals surface area (Å²) in [5.41, 5.74) is 7.04. The average Bonchev–Trinajstić information content (AvgIpc) is 3.04. The van der Waals surface area contributed by atoms with Crippen molar-refractivity contribution < 1.29 is 0 Å². The van der Waals surface area contributed by atoms with Crippen LogP contribution in [0.15, 0.2) is 152 Å².